The molecule has 180 valence electrons. The molecule has 2 aliphatic rings. The van der Waals surface area contributed by atoms with Crippen LogP contribution in [0.1, 0.15) is 40.4 Å². The number of ether oxygens (including phenoxy) is 2. The number of aromatic nitrogens is 4. The zero-order valence-electron chi connectivity index (χ0n) is 19.2. The molecule has 10 heteroatoms. The Balaban J connectivity index is 1.51. The summed E-state index contributed by atoms with van der Waals surface area (Å²) in [6, 6.07) is 5.88. The molecule has 9 nitrogen and oxygen atoms in total. The minimum atomic E-state index is -0.221. The molecule has 4 aromatic rings. The summed E-state index contributed by atoms with van der Waals surface area (Å²) in [5.41, 5.74) is 3.43. The van der Waals surface area contributed by atoms with E-state index >= 15 is 0 Å². The van der Waals surface area contributed by atoms with E-state index < -0.39 is 0 Å². The van der Waals surface area contributed by atoms with Crippen LogP contribution in [0, 0.1) is 0 Å². The van der Waals surface area contributed by atoms with Crippen molar-refractivity contribution < 1.29 is 14.3 Å². The molecule has 0 saturated carbocycles. The van der Waals surface area contributed by atoms with Crippen LogP contribution in [0.15, 0.2) is 39.9 Å². The Bertz CT molecular complexity index is 1520. The summed E-state index contributed by atoms with van der Waals surface area (Å²) in [5.74, 6) is 0.509. The number of pyridine rings is 2. The third-order valence-electron chi connectivity index (χ3n) is 6.87. The SMILES string of the molecule is COCc1cc2c(cc1C(=O)N1CCc3cc(Br)cnc31)[nH]c(=O)c1cnn(C3CCOCC3)c12. The van der Waals surface area contributed by atoms with Gasteiger partial charge in [-0.2, -0.15) is 5.10 Å². The average Bonchev–Trinajstić information content (AvgIpc) is 3.49. The van der Waals surface area contributed by atoms with Crippen molar-refractivity contribution in [1.82, 2.24) is 19.7 Å². The van der Waals surface area contributed by atoms with E-state index in [0.29, 0.717) is 42.0 Å². The number of halogens is 1. The number of amides is 1. The second-order valence-corrected chi connectivity index (χ2v) is 9.90. The van der Waals surface area contributed by atoms with Gasteiger partial charge in [0.1, 0.15) is 5.82 Å². The number of H-pyrrole nitrogens is 1. The van der Waals surface area contributed by atoms with Crippen molar-refractivity contribution in [2.24, 2.45) is 0 Å². The van der Waals surface area contributed by atoms with E-state index in [9.17, 15) is 9.59 Å². The van der Waals surface area contributed by atoms with E-state index in [0.717, 1.165) is 45.8 Å². The summed E-state index contributed by atoms with van der Waals surface area (Å²) < 4.78 is 13.8. The number of carbonyl (C=O) groups is 1. The predicted octanol–water partition coefficient (Wildman–Crippen LogP) is 3.74. The first-order chi connectivity index (χ1) is 17.0. The van der Waals surface area contributed by atoms with Crippen LogP contribution in [0.2, 0.25) is 0 Å². The lowest BCUT2D eigenvalue weighted by Gasteiger charge is -2.23. The summed E-state index contributed by atoms with van der Waals surface area (Å²) >= 11 is 3.45. The molecule has 0 radical (unpaired) electrons. The van der Waals surface area contributed by atoms with Crippen LogP contribution in [0.4, 0.5) is 5.82 Å². The minimum absolute atomic E-state index is 0.157. The molecule has 1 N–H and O–H groups in total. The number of hydrogen-bond acceptors (Lipinski definition) is 6. The van der Waals surface area contributed by atoms with Crippen molar-refractivity contribution in [3.63, 3.8) is 0 Å². The lowest BCUT2D eigenvalue weighted by atomic mass is 10.0. The number of methoxy groups -OCH3 is 1. The molecule has 0 unspecified atom stereocenters. The van der Waals surface area contributed by atoms with Gasteiger partial charge >= 0.3 is 0 Å². The molecular formula is C25H24BrN5O4. The van der Waals surface area contributed by atoms with E-state index in [1.165, 1.54) is 0 Å². The molecule has 1 amide bonds. The van der Waals surface area contributed by atoms with Gasteiger partial charge in [-0.05, 0) is 64.5 Å². The van der Waals surface area contributed by atoms with Crippen LogP contribution >= 0.6 is 15.9 Å². The summed E-state index contributed by atoms with van der Waals surface area (Å²) in [7, 11) is 1.61. The molecule has 0 aliphatic carbocycles. The molecule has 6 rings (SSSR count). The highest BCUT2D eigenvalue weighted by molar-refractivity contribution is 9.10. The van der Waals surface area contributed by atoms with Gasteiger partial charge in [0.2, 0.25) is 0 Å². The summed E-state index contributed by atoms with van der Waals surface area (Å²) in [5, 5.41) is 5.96. The van der Waals surface area contributed by atoms with Crippen LogP contribution in [0.5, 0.6) is 0 Å². The zero-order valence-corrected chi connectivity index (χ0v) is 20.8. The third kappa shape index (κ3) is 3.76. The Kier molecular flexibility index (Phi) is 5.66. The fourth-order valence-corrected chi connectivity index (χ4v) is 5.57. The molecule has 5 heterocycles. The highest BCUT2D eigenvalue weighted by Gasteiger charge is 2.29. The number of rotatable bonds is 4. The number of nitrogens with one attached hydrogen (secondary N) is 1. The maximum Gasteiger partial charge on any atom is 0.259 e. The molecule has 0 atom stereocenters. The molecule has 2 aliphatic heterocycles. The first kappa shape index (κ1) is 22.4. The molecular weight excluding hydrogens is 514 g/mol. The Morgan fingerprint density at radius 1 is 1.23 bits per heavy atom. The third-order valence-corrected chi connectivity index (χ3v) is 7.30. The molecule has 1 saturated heterocycles. The molecule has 1 fully saturated rings. The van der Waals surface area contributed by atoms with Crippen LogP contribution < -0.4 is 10.5 Å². The lowest BCUT2D eigenvalue weighted by Crippen LogP contribution is -2.30. The molecule has 35 heavy (non-hydrogen) atoms. The number of hydrogen-bond donors (Lipinski definition) is 1. The van der Waals surface area contributed by atoms with Crippen LogP contribution in [0.25, 0.3) is 21.8 Å². The van der Waals surface area contributed by atoms with Gasteiger partial charge in [-0.1, -0.05) is 0 Å². The van der Waals surface area contributed by atoms with Gasteiger partial charge in [0.05, 0.1) is 35.3 Å². The molecule has 3 aromatic heterocycles. The highest BCUT2D eigenvalue weighted by atomic mass is 79.9. The van der Waals surface area contributed by atoms with Gasteiger partial charge in [0, 0.05) is 48.5 Å². The first-order valence-electron chi connectivity index (χ1n) is 11.6. The smallest absolute Gasteiger partial charge is 0.259 e. The number of benzene rings is 1. The fraction of sp³-hybridized carbons (Fsp3) is 0.360. The second kappa shape index (κ2) is 8.85. The van der Waals surface area contributed by atoms with Gasteiger partial charge in [-0.15, -0.1) is 0 Å². The van der Waals surface area contributed by atoms with Crippen molar-refractivity contribution in [3.05, 3.63) is 62.1 Å². The number of carbonyl (C=O) groups excluding carboxylic acids is 1. The summed E-state index contributed by atoms with van der Waals surface area (Å²) in [4.78, 5) is 35.9. The maximum absolute atomic E-state index is 13.7. The number of nitrogens with zero attached hydrogens (tertiary/aromatic N) is 4. The Labute approximate surface area is 209 Å². The monoisotopic (exact) mass is 537 g/mol. The van der Waals surface area contributed by atoms with Crippen molar-refractivity contribution in [3.8, 4) is 0 Å². The fourth-order valence-electron chi connectivity index (χ4n) is 5.19. The zero-order chi connectivity index (χ0) is 24.1. The molecule has 0 bridgehead atoms. The predicted molar refractivity (Wildman–Crippen MR) is 135 cm³/mol. The standard InChI is InChI=1S/C25H24BrN5O4/c1-34-13-15-9-19-21(10-18(15)25(33)30-5-2-14-8-16(26)11-27-23(14)30)29-24(32)20-12-28-31(22(19)20)17-3-6-35-7-4-17/h8-12,17H,2-7,13H2,1H3,(H,29,32). The first-order valence-corrected chi connectivity index (χ1v) is 12.4. The van der Waals surface area contributed by atoms with E-state index in [2.05, 4.69) is 31.0 Å². The van der Waals surface area contributed by atoms with Crippen molar-refractivity contribution in [1.29, 1.82) is 0 Å². The van der Waals surface area contributed by atoms with E-state index in [1.54, 1.807) is 30.5 Å². The van der Waals surface area contributed by atoms with Gasteiger partial charge < -0.3 is 14.5 Å². The molecule has 1 aromatic carbocycles. The average molecular weight is 538 g/mol. The van der Waals surface area contributed by atoms with Gasteiger partial charge in [-0.3, -0.25) is 19.2 Å². The maximum atomic E-state index is 13.7. The van der Waals surface area contributed by atoms with E-state index in [-0.39, 0.29) is 24.1 Å². The number of fused-ring (bicyclic) bond motifs is 4. The Hall–Kier alpha value is -3.08. The van der Waals surface area contributed by atoms with Crippen molar-refractivity contribution in [2.75, 3.05) is 31.8 Å². The second-order valence-electron chi connectivity index (χ2n) is 8.98. The lowest BCUT2D eigenvalue weighted by molar-refractivity contribution is 0.0675. The highest BCUT2D eigenvalue weighted by Crippen LogP contribution is 2.33. The molecule has 0 spiro atoms. The summed E-state index contributed by atoms with van der Waals surface area (Å²) in [6.45, 7) is 2.15. The van der Waals surface area contributed by atoms with Gasteiger partial charge in [-0.25, -0.2) is 4.98 Å². The van der Waals surface area contributed by atoms with Crippen LogP contribution in [-0.4, -0.2) is 52.5 Å². The van der Waals surface area contributed by atoms with Crippen molar-refractivity contribution >= 4 is 49.5 Å². The number of anilines is 1. The van der Waals surface area contributed by atoms with Crippen LogP contribution in [0.3, 0.4) is 0 Å². The Morgan fingerprint density at radius 2 is 2.06 bits per heavy atom. The summed E-state index contributed by atoms with van der Waals surface area (Å²) in [6.07, 6.45) is 5.74. The normalized spacial score (nSPS) is 16.3. The van der Waals surface area contributed by atoms with E-state index in [1.807, 2.05) is 16.8 Å². The number of aromatic amines is 1. The van der Waals surface area contributed by atoms with Gasteiger partial charge in [0.25, 0.3) is 11.5 Å². The van der Waals surface area contributed by atoms with Gasteiger partial charge in [0.15, 0.2) is 0 Å². The minimum Gasteiger partial charge on any atom is -0.381 e. The topological polar surface area (TPSA) is 102 Å². The van der Waals surface area contributed by atoms with Crippen LogP contribution in [-0.2, 0) is 22.5 Å². The quantitative estimate of drug-likeness (QED) is 0.425. The largest absolute Gasteiger partial charge is 0.381 e. The van der Waals surface area contributed by atoms with Crippen molar-refractivity contribution in [2.45, 2.75) is 31.9 Å². The Morgan fingerprint density at radius 3 is 2.86 bits per heavy atom. The van der Waals surface area contributed by atoms with E-state index in [4.69, 9.17) is 9.47 Å².